The number of rotatable bonds is 3. The Kier molecular flexibility index (Phi) is 3.37. The highest BCUT2D eigenvalue weighted by molar-refractivity contribution is 6.09. The van der Waals surface area contributed by atoms with Crippen LogP contribution in [-0.4, -0.2) is 17.9 Å². The molecule has 0 saturated carbocycles. The molecule has 0 fully saturated rings. The van der Waals surface area contributed by atoms with Crippen molar-refractivity contribution in [3.05, 3.63) is 59.2 Å². The number of hydrogen-bond acceptors (Lipinski definition) is 3. The highest BCUT2D eigenvalue weighted by Gasteiger charge is 2.13. The molecule has 0 radical (unpaired) electrons. The summed E-state index contributed by atoms with van der Waals surface area (Å²) in [6.07, 6.45) is 3.15. The van der Waals surface area contributed by atoms with Gasteiger partial charge in [0.05, 0.1) is 7.11 Å². The third-order valence-corrected chi connectivity index (χ3v) is 2.68. The summed E-state index contributed by atoms with van der Waals surface area (Å²) in [5.41, 5.74) is 1.58. The molecule has 2 rings (SSSR count). The number of aryl methyl sites for hydroxylation is 1. The molecule has 0 aliphatic heterocycles. The van der Waals surface area contributed by atoms with Crippen LogP contribution in [0.1, 0.15) is 21.5 Å². The van der Waals surface area contributed by atoms with Gasteiger partial charge in [0.2, 0.25) is 0 Å². The molecule has 4 heteroatoms. The van der Waals surface area contributed by atoms with Crippen molar-refractivity contribution in [3.63, 3.8) is 0 Å². The zero-order chi connectivity index (χ0) is 13.1. The number of ketones is 1. The number of ether oxygens (including phenoxy) is 1. The summed E-state index contributed by atoms with van der Waals surface area (Å²) in [4.78, 5) is 16.1. The van der Waals surface area contributed by atoms with Crippen molar-refractivity contribution in [2.75, 3.05) is 7.11 Å². The molecule has 0 bridgehead atoms. The van der Waals surface area contributed by atoms with E-state index in [1.54, 1.807) is 31.5 Å². The fourth-order valence-corrected chi connectivity index (χ4v) is 1.69. The Balaban J connectivity index is 2.41. The molecule has 0 amide bonds. The largest absolute Gasteiger partial charge is 0.494 e. The van der Waals surface area contributed by atoms with Crippen molar-refractivity contribution in [2.24, 2.45) is 0 Å². The van der Waals surface area contributed by atoms with Crippen LogP contribution in [0.3, 0.4) is 0 Å². The van der Waals surface area contributed by atoms with Gasteiger partial charge in [-0.15, -0.1) is 0 Å². The molecule has 1 aromatic carbocycles. The second-order valence-electron chi connectivity index (χ2n) is 3.87. The van der Waals surface area contributed by atoms with Gasteiger partial charge < -0.3 is 4.74 Å². The molecule has 0 N–H and O–H groups in total. The molecule has 18 heavy (non-hydrogen) atoms. The van der Waals surface area contributed by atoms with E-state index in [0.717, 1.165) is 5.56 Å². The average Bonchev–Trinajstić information content (AvgIpc) is 2.38. The Morgan fingerprint density at radius 1 is 1.33 bits per heavy atom. The van der Waals surface area contributed by atoms with Crippen molar-refractivity contribution in [3.8, 4) is 5.75 Å². The molecule has 1 aromatic heterocycles. The maximum atomic E-state index is 13.5. The zero-order valence-electron chi connectivity index (χ0n) is 10.1. The van der Waals surface area contributed by atoms with Crippen molar-refractivity contribution in [2.45, 2.75) is 6.92 Å². The third-order valence-electron chi connectivity index (χ3n) is 2.68. The lowest BCUT2D eigenvalue weighted by molar-refractivity contribution is 0.103. The average molecular weight is 245 g/mol. The Morgan fingerprint density at radius 2 is 2.11 bits per heavy atom. The molecular weight excluding hydrogens is 233 g/mol. The fourth-order valence-electron chi connectivity index (χ4n) is 1.69. The maximum absolute atomic E-state index is 13.5. The van der Waals surface area contributed by atoms with Crippen molar-refractivity contribution in [1.82, 2.24) is 4.98 Å². The first-order valence-corrected chi connectivity index (χ1v) is 5.42. The normalized spacial score (nSPS) is 10.2. The number of carbonyl (C=O) groups excluding carboxylic acids is 1. The van der Waals surface area contributed by atoms with Gasteiger partial charge in [0, 0.05) is 23.5 Å². The summed E-state index contributed by atoms with van der Waals surface area (Å²) in [7, 11) is 1.38. The second-order valence-corrected chi connectivity index (χ2v) is 3.87. The molecule has 1 heterocycles. The van der Waals surface area contributed by atoms with Crippen molar-refractivity contribution in [1.29, 1.82) is 0 Å². The van der Waals surface area contributed by atoms with E-state index in [-0.39, 0.29) is 11.5 Å². The van der Waals surface area contributed by atoms with Gasteiger partial charge in [-0.1, -0.05) is 0 Å². The minimum Gasteiger partial charge on any atom is -0.494 e. The first kappa shape index (κ1) is 12.2. The molecule has 0 aliphatic rings. The number of halogens is 1. The van der Waals surface area contributed by atoms with E-state index < -0.39 is 5.82 Å². The van der Waals surface area contributed by atoms with Crippen LogP contribution in [0, 0.1) is 12.7 Å². The summed E-state index contributed by atoms with van der Waals surface area (Å²) in [5, 5.41) is 0. The van der Waals surface area contributed by atoms with Gasteiger partial charge in [0.15, 0.2) is 17.3 Å². The Bertz CT molecular complexity index is 596. The first-order valence-electron chi connectivity index (χ1n) is 5.42. The number of hydrogen-bond donors (Lipinski definition) is 0. The number of carbonyl (C=O) groups is 1. The van der Waals surface area contributed by atoms with Gasteiger partial charge in [-0.3, -0.25) is 9.78 Å². The van der Waals surface area contributed by atoms with Gasteiger partial charge >= 0.3 is 0 Å². The second kappa shape index (κ2) is 4.96. The minimum atomic E-state index is -0.546. The lowest BCUT2D eigenvalue weighted by Crippen LogP contribution is -2.04. The van der Waals surface area contributed by atoms with E-state index in [0.29, 0.717) is 11.1 Å². The van der Waals surface area contributed by atoms with Crippen LogP contribution in [0.25, 0.3) is 0 Å². The number of methoxy groups -OCH3 is 1. The summed E-state index contributed by atoms with van der Waals surface area (Å²) in [5.74, 6) is -0.649. The molecule has 3 nitrogen and oxygen atoms in total. The summed E-state index contributed by atoms with van der Waals surface area (Å²) >= 11 is 0. The monoisotopic (exact) mass is 245 g/mol. The predicted octanol–water partition coefficient (Wildman–Crippen LogP) is 2.77. The maximum Gasteiger partial charge on any atom is 0.193 e. The third kappa shape index (κ3) is 2.22. The van der Waals surface area contributed by atoms with Crippen LogP contribution in [-0.2, 0) is 0 Å². The highest BCUT2D eigenvalue weighted by atomic mass is 19.1. The van der Waals surface area contributed by atoms with Gasteiger partial charge in [-0.05, 0) is 36.8 Å². The van der Waals surface area contributed by atoms with Gasteiger partial charge in [-0.25, -0.2) is 4.39 Å². The van der Waals surface area contributed by atoms with E-state index >= 15 is 0 Å². The van der Waals surface area contributed by atoms with Gasteiger partial charge in [0.1, 0.15) is 0 Å². The van der Waals surface area contributed by atoms with E-state index in [9.17, 15) is 9.18 Å². The lowest BCUT2D eigenvalue weighted by Gasteiger charge is -2.06. The van der Waals surface area contributed by atoms with Crippen LogP contribution in [0.5, 0.6) is 5.75 Å². The summed E-state index contributed by atoms with van der Waals surface area (Å²) in [6, 6.07) is 5.80. The van der Waals surface area contributed by atoms with Crippen LogP contribution in [0.4, 0.5) is 4.39 Å². The Hall–Kier alpha value is -2.23. The molecule has 92 valence electrons. The highest BCUT2D eigenvalue weighted by Crippen LogP contribution is 2.20. The van der Waals surface area contributed by atoms with Crippen LogP contribution in [0.15, 0.2) is 36.7 Å². The Morgan fingerprint density at radius 3 is 2.72 bits per heavy atom. The molecule has 0 spiro atoms. The van der Waals surface area contributed by atoms with Gasteiger partial charge in [0.25, 0.3) is 0 Å². The van der Waals surface area contributed by atoms with Crippen molar-refractivity contribution >= 4 is 5.78 Å². The summed E-state index contributed by atoms with van der Waals surface area (Å²) in [6.45, 7) is 1.79. The molecule has 0 aliphatic carbocycles. The molecule has 0 saturated heterocycles. The van der Waals surface area contributed by atoms with Crippen LogP contribution in [0.2, 0.25) is 0 Å². The number of aromatic nitrogens is 1. The quantitative estimate of drug-likeness (QED) is 0.780. The standard InChI is InChI=1S/C14H12FNO2/c1-9-8-16-6-5-11(9)14(17)10-3-4-13(18-2)12(15)7-10/h3-8H,1-2H3. The van der Waals surface area contributed by atoms with E-state index in [2.05, 4.69) is 4.98 Å². The number of pyridine rings is 1. The smallest absolute Gasteiger partial charge is 0.193 e. The zero-order valence-corrected chi connectivity index (χ0v) is 10.1. The molecule has 0 unspecified atom stereocenters. The van der Waals surface area contributed by atoms with E-state index in [4.69, 9.17) is 4.74 Å². The van der Waals surface area contributed by atoms with E-state index in [1.165, 1.54) is 19.2 Å². The molecule has 2 aromatic rings. The Labute approximate surface area is 104 Å². The predicted molar refractivity (Wildman–Crippen MR) is 65.4 cm³/mol. The van der Waals surface area contributed by atoms with E-state index in [1.807, 2.05) is 0 Å². The van der Waals surface area contributed by atoms with Crippen LogP contribution < -0.4 is 4.74 Å². The molecular formula is C14H12FNO2. The topological polar surface area (TPSA) is 39.2 Å². The van der Waals surface area contributed by atoms with Gasteiger partial charge in [-0.2, -0.15) is 0 Å². The first-order chi connectivity index (χ1) is 8.63. The number of benzene rings is 1. The fraction of sp³-hybridized carbons (Fsp3) is 0.143. The minimum absolute atomic E-state index is 0.123. The molecule has 0 atom stereocenters. The van der Waals surface area contributed by atoms with Crippen molar-refractivity contribution < 1.29 is 13.9 Å². The SMILES string of the molecule is COc1ccc(C(=O)c2ccncc2C)cc1F. The number of nitrogens with zero attached hydrogens (tertiary/aromatic N) is 1. The summed E-state index contributed by atoms with van der Waals surface area (Å²) < 4.78 is 18.4. The lowest BCUT2D eigenvalue weighted by atomic mass is 10.0. The van der Waals surface area contributed by atoms with Crippen LogP contribution >= 0.6 is 0 Å².